The second-order valence-corrected chi connectivity index (χ2v) is 27.3. The van der Waals surface area contributed by atoms with Crippen molar-refractivity contribution in [1.82, 2.24) is 36.8 Å². The Morgan fingerprint density at radius 1 is 0.557 bits per heavy atom. The Bertz CT molecular complexity index is 4600. The molecule has 13 rings (SSSR count). The number of amides is 7. The number of rotatable bonds is 17. The number of halogens is 2. The third-order valence-corrected chi connectivity index (χ3v) is 19.5. The minimum Gasteiger partial charge on any atom is -0.508 e. The number of carboxylic acid groups (broad SMARTS) is 1. The lowest BCUT2D eigenvalue weighted by atomic mass is 9.87. The first-order chi connectivity index (χ1) is 50.7. The van der Waals surface area contributed by atoms with Gasteiger partial charge in [0.2, 0.25) is 47.1 Å². The van der Waals surface area contributed by atoms with Gasteiger partial charge in [-0.05, 0) is 138 Å². The Morgan fingerprint density at radius 3 is 1.81 bits per heavy atom. The highest BCUT2D eigenvalue weighted by Gasteiger charge is 2.42. The number of benzene rings is 7. The molecule has 9 atom stereocenters. The second kappa shape index (κ2) is 32.9. The first-order valence-electron chi connectivity index (χ1n) is 34.5. The SMILES string of the molecule is CCCCCCCCCCN(Cc1c(O)cc2c(c1O)-c1cc(ccc1O)[C@@H]1NC(=O)[C@H]3NC(=O)[C@H]4NC(=O)[C@H](Cc5ccc(c(Cl)c5)Oc5cc3cc(c5O)Oc3ccc(cc3Cl)C(O)[C@H](NC1=O)C(=O)N[C@@H]2C(=O)O)NC(=O)[C@@H](N)c1ccc(O)c(c1)Oc1cc(O)cc4c1)C(=O)C(N)CCCCN. The van der Waals surface area contributed by atoms with E-state index in [1.165, 1.54) is 59.5 Å². The van der Waals surface area contributed by atoms with Crippen LogP contribution < -0.4 is 63.3 Å². The lowest BCUT2D eigenvalue weighted by molar-refractivity contribution is -0.143. The number of carbonyl (C=O) groups is 8. The molecular formula is C75H80Cl2N10O19. The van der Waals surface area contributed by atoms with Crippen LogP contribution in [0.25, 0.3) is 11.1 Å². The van der Waals surface area contributed by atoms with Crippen LogP contribution in [0, 0.1) is 0 Å². The molecule has 29 nitrogen and oxygen atoms in total. The van der Waals surface area contributed by atoms with E-state index in [-0.39, 0.29) is 85.8 Å². The molecule has 7 aromatic rings. The van der Waals surface area contributed by atoms with Crippen LogP contribution in [0.1, 0.15) is 158 Å². The molecule has 0 spiro atoms. The Morgan fingerprint density at radius 2 is 1.15 bits per heavy atom. The average molecular weight is 1500 g/mol. The third kappa shape index (κ3) is 16.8. The summed E-state index contributed by atoms with van der Waals surface area (Å²) in [7, 11) is 0. The molecule has 0 radical (unpaired) electrons. The van der Waals surface area contributed by atoms with Crippen LogP contribution in [-0.2, 0) is 51.3 Å². The van der Waals surface area contributed by atoms with Crippen molar-refractivity contribution in [3.63, 3.8) is 0 Å². The largest absolute Gasteiger partial charge is 0.508 e. The molecule has 17 bridgehead atoms. The van der Waals surface area contributed by atoms with E-state index in [0.29, 0.717) is 37.8 Å². The van der Waals surface area contributed by atoms with Gasteiger partial charge in [-0.15, -0.1) is 0 Å². The monoisotopic (exact) mass is 1490 g/mol. The Kier molecular flexibility index (Phi) is 23.6. The maximum Gasteiger partial charge on any atom is 0.330 e. The van der Waals surface area contributed by atoms with Gasteiger partial charge in [0.15, 0.2) is 29.0 Å². The number of aromatic hydroxyl groups is 6. The molecule has 31 heteroatoms. The van der Waals surface area contributed by atoms with Gasteiger partial charge in [-0.2, -0.15) is 0 Å². The van der Waals surface area contributed by atoms with Crippen LogP contribution in [0.5, 0.6) is 69.0 Å². The lowest BCUT2D eigenvalue weighted by Gasteiger charge is -2.31. The first kappa shape index (κ1) is 76.1. The molecule has 7 amide bonds. The predicted octanol–water partition coefficient (Wildman–Crippen LogP) is 7.91. The molecule has 2 unspecified atom stereocenters. The number of hydrogen-bond acceptors (Lipinski definition) is 21. The normalized spacial score (nSPS) is 20.3. The van der Waals surface area contributed by atoms with Crippen molar-refractivity contribution in [3.05, 3.63) is 164 Å². The van der Waals surface area contributed by atoms with E-state index in [1.807, 2.05) is 0 Å². The summed E-state index contributed by atoms with van der Waals surface area (Å²) in [6, 6.07) is 5.79. The molecule has 0 fully saturated rings. The highest BCUT2D eigenvalue weighted by Crippen LogP contribution is 2.50. The summed E-state index contributed by atoms with van der Waals surface area (Å²) in [6.45, 7) is 1.97. The number of ether oxygens (including phenoxy) is 3. The van der Waals surface area contributed by atoms with Crippen molar-refractivity contribution in [2.45, 2.75) is 145 Å². The zero-order valence-corrected chi connectivity index (χ0v) is 58.7. The maximum atomic E-state index is 16.1. The fraction of sp³-hybridized carbons (Fsp3) is 0.333. The summed E-state index contributed by atoms with van der Waals surface area (Å²) >= 11 is 13.9. The number of hydrogen-bond donors (Lipinski definition) is 17. The number of aliphatic hydroxyl groups excluding tert-OH is 1. The molecule has 6 aliphatic heterocycles. The van der Waals surface area contributed by atoms with Crippen LogP contribution in [-0.4, -0.2) is 124 Å². The van der Waals surface area contributed by atoms with Crippen LogP contribution in [0.4, 0.5) is 0 Å². The lowest BCUT2D eigenvalue weighted by Crippen LogP contribution is -2.55. The number of aliphatic hydroxyl groups is 1. The Hall–Kier alpha value is -11.1. The van der Waals surface area contributed by atoms with E-state index in [9.17, 15) is 55.2 Å². The number of nitrogens with one attached hydrogen (secondary N) is 6. The van der Waals surface area contributed by atoms with E-state index in [2.05, 4.69) is 38.8 Å². The van der Waals surface area contributed by atoms with Crippen LogP contribution in [0.3, 0.4) is 0 Å². The third-order valence-electron chi connectivity index (χ3n) is 19.0. The number of phenols is 6. The zero-order valence-electron chi connectivity index (χ0n) is 57.2. The number of carboxylic acids is 1. The summed E-state index contributed by atoms with van der Waals surface area (Å²) in [5, 5.41) is 110. The van der Waals surface area contributed by atoms with E-state index in [4.69, 9.17) is 54.6 Å². The average Bonchev–Trinajstić information content (AvgIpc) is 0.754. The van der Waals surface area contributed by atoms with Crippen molar-refractivity contribution >= 4 is 70.5 Å². The van der Waals surface area contributed by atoms with Gasteiger partial charge in [-0.3, -0.25) is 33.6 Å². The van der Waals surface area contributed by atoms with Gasteiger partial charge in [0.1, 0.15) is 82.6 Å². The van der Waals surface area contributed by atoms with Gasteiger partial charge < -0.3 is 109 Å². The zero-order chi connectivity index (χ0) is 75.9. The van der Waals surface area contributed by atoms with Crippen molar-refractivity contribution in [3.8, 4) is 80.1 Å². The molecule has 106 heavy (non-hydrogen) atoms. The van der Waals surface area contributed by atoms with E-state index in [1.54, 1.807) is 0 Å². The number of aliphatic carboxylic acids is 1. The molecule has 0 aromatic heterocycles. The molecule has 20 N–H and O–H groups in total. The van der Waals surface area contributed by atoms with Crippen LogP contribution in [0.15, 0.2) is 109 Å². The van der Waals surface area contributed by atoms with Gasteiger partial charge >= 0.3 is 5.97 Å². The number of nitrogens with two attached hydrogens (primary N) is 3. The van der Waals surface area contributed by atoms with Gasteiger partial charge in [0.05, 0.1) is 28.2 Å². The van der Waals surface area contributed by atoms with Crippen molar-refractivity contribution in [2.24, 2.45) is 17.2 Å². The Balaban J connectivity index is 1.10. The van der Waals surface area contributed by atoms with Crippen molar-refractivity contribution in [1.29, 1.82) is 0 Å². The first-order valence-corrected chi connectivity index (χ1v) is 35.2. The summed E-state index contributed by atoms with van der Waals surface area (Å²) in [4.78, 5) is 122. The molecule has 7 aromatic carbocycles. The molecule has 0 aliphatic carbocycles. The topological polar surface area (TPSA) is 480 Å². The fourth-order valence-electron chi connectivity index (χ4n) is 13.2. The van der Waals surface area contributed by atoms with Crippen LogP contribution in [0.2, 0.25) is 10.0 Å². The van der Waals surface area contributed by atoms with Gasteiger partial charge in [0, 0.05) is 35.7 Å². The molecule has 558 valence electrons. The molecule has 0 saturated heterocycles. The van der Waals surface area contributed by atoms with Crippen molar-refractivity contribution in [2.75, 3.05) is 13.1 Å². The quantitative estimate of drug-likeness (QED) is 0.0385. The Labute approximate surface area is 616 Å². The standard InChI is InChI=1S/C75H80Cl2N10O19/c1-2-3-4-5-6-7-8-11-22-87(74(101)48(79)12-9-10-21-78)34-45-52(91)33-44-58(66(45)93)43-27-37(15-17-50(43)89)60-70(97)86-64(73(100)85-63(44)75(102)103)65(92)38-16-20-54(47(77)28-38)106-57-31-40-30-56(67(57)94)105-53-19-13-35(23-46(53)76)24-49-68(95)82-61(71(98)84-62(40)72(99)83-60)39-25-41(88)32-42(26-39)104-55-29-36(14-18-51(55)90)59(80)69(96)81-49/h13-20,23,25-33,48-49,59-65,88-94H,2-12,21-22,24,34,78-80H2,1H3,(H,81,96)(H,82,95)(H,83,99)(H,84,98)(H,85,100)(H,86,97)(H,102,103)/t48?,49-,59-,60-,61-,62-,63-,64-,65?/m0/s1. The molecular weight excluding hydrogens is 1420 g/mol. The maximum absolute atomic E-state index is 16.1. The summed E-state index contributed by atoms with van der Waals surface area (Å²) in [5.41, 5.74) is 16.0. The minimum absolute atomic E-state index is 0.0751. The van der Waals surface area contributed by atoms with E-state index >= 15 is 24.0 Å². The summed E-state index contributed by atoms with van der Waals surface area (Å²) in [6.07, 6.45) is 5.87. The number of nitrogens with zero attached hydrogens (tertiary/aromatic N) is 1. The van der Waals surface area contributed by atoms with E-state index in [0.717, 1.165) is 93.1 Å². The fourth-order valence-corrected chi connectivity index (χ4v) is 13.7. The second-order valence-electron chi connectivity index (χ2n) is 26.5. The van der Waals surface area contributed by atoms with Gasteiger partial charge in [-0.1, -0.05) is 106 Å². The van der Waals surface area contributed by atoms with Gasteiger partial charge in [0.25, 0.3) is 0 Å². The summed E-state index contributed by atoms with van der Waals surface area (Å²) in [5.74, 6) is -16.1. The molecule has 0 saturated carbocycles. The molecule has 6 aliphatic rings. The van der Waals surface area contributed by atoms with Crippen molar-refractivity contribution < 1.29 is 93.4 Å². The van der Waals surface area contributed by atoms with Gasteiger partial charge in [-0.25, -0.2) is 4.79 Å². The van der Waals surface area contributed by atoms with Crippen LogP contribution >= 0.6 is 23.2 Å². The summed E-state index contributed by atoms with van der Waals surface area (Å²) < 4.78 is 18.6. The number of carbonyl (C=O) groups excluding carboxylic acids is 7. The highest BCUT2D eigenvalue weighted by molar-refractivity contribution is 6.32. The number of unbranched alkanes of at least 4 members (excludes halogenated alkanes) is 8. The minimum atomic E-state index is -2.32. The predicted molar refractivity (Wildman–Crippen MR) is 384 cm³/mol. The number of fused-ring (bicyclic) bond motifs is 14. The highest BCUT2D eigenvalue weighted by atomic mass is 35.5. The smallest absolute Gasteiger partial charge is 0.330 e. The molecule has 6 heterocycles. The number of phenolic OH excluding ortho intramolecular Hbond substituents is 6. The van der Waals surface area contributed by atoms with E-state index < -0.39 is 171 Å².